The molecule has 12 aromatic rings. The van der Waals surface area contributed by atoms with Gasteiger partial charge in [0.05, 0.1) is 30.9 Å². The molecule has 314 valence electrons. The molecule has 0 saturated heterocycles. The monoisotopic (exact) mass is 842 g/mol. The van der Waals surface area contributed by atoms with E-state index >= 15 is 0 Å². The van der Waals surface area contributed by atoms with Crippen LogP contribution >= 0.6 is 0 Å². The third kappa shape index (κ3) is 6.22. The van der Waals surface area contributed by atoms with Crippen molar-refractivity contribution in [2.24, 2.45) is 0 Å². The molecule has 0 atom stereocenters. The third-order valence-electron chi connectivity index (χ3n) is 13.4. The van der Waals surface area contributed by atoms with Crippen LogP contribution in [-0.4, -0.2) is 18.8 Å². The van der Waals surface area contributed by atoms with Crippen LogP contribution in [-0.2, 0) is 0 Å². The third-order valence-corrected chi connectivity index (χ3v) is 13.4. The molecule has 0 fully saturated rings. The molecule has 0 aliphatic carbocycles. The van der Waals surface area contributed by atoms with Gasteiger partial charge in [-0.15, -0.1) is 0 Å². The van der Waals surface area contributed by atoms with E-state index in [1.165, 1.54) is 54.6 Å². The van der Waals surface area contributed by atoms with Crippen molar-refractivity contribution in [3.05, 3.63) is 193 Å². The summed E-state index contributed by atoms with van der Waals surface area (Å²) >= 11 is 0. The molecule has 2 heterocycles. The summed E-state index contributed by atoms with van der Waals surface area (Å²) in [4.78, 5) is 2.34. The van der Waals surface area contributed by atoms with Gasteiger partial charge in [0.15, 0.2) is 0 Å². The molecule has 0 N–H and O–H groups in total. The Balaban J connectivity index is 1.09. The van der Waals surface area contributed by atoms with Crippen LogP contribution in [0.25, 0.3) is 92.9 Å². The predicted octanol–water partition coefficient (Wildman–Crippen LogP) is 16.7. The first-order chi connectivity index (χ1) is 31.8. The minimum Gasteiger partial charge on any atom is -0.497 e. The quantitative estimate of drug-likeness (QED) is 0.143. The molecule has 5 heteroatoms. The Kier molecular flexibility index (Phi) is 8.96. The molecule has 0 aliphatic heterocycles. The molecule has 12 rings (SSSR count). The summed E-state index contributed by atoms with van der Waals surface area (Å²) < 4.78 is 21.0. The highest BCUT2D eigenvalue weighted by atomic mass is 16.5. The first-order valence-electron chi connectivity index (χ1n) is 22.3. The molecule has 0 unspecified atom stereocenters. The highest BCUT2D eigenvalue weighted by Crippen LogP contribution is 2.45. The van der Waals surface area contributed by atoms with Crippen molar-refractivity contribution < 1.29 is 13.9 Å². The van der Waals surface area contributed by atoms with E-state index in [9.17, 15) is 0 Å². The number of anilines is 3. The van der Waals surface area contributed by atoms with Gasteiger partial charge in [-0.2, -0.15) is 0 Å². The topological polar surface area (TPSA) is 39.8 Å². The summed E-state index contributed by atoms with van der Waals surface area (Å²) in [6.45, 7) is 6.67. The van der Waals surface area contributed by atoms with E-state index in [-0.39, 0.29) is 0 Å². The summed E-state index contributed by atoms with van der Waals surface area (Å²) in [7, 11) is 3.40. The maximum Gasteiger partial charge on any atom is 0.137 e. The van der Waals surface area contributed by atoms with Gasteiger partial charge in [-0.05, 0) is 128 Å². The minimum absolute atomic E-state index is 0.435. The van der Waals surface area contributed by atoms with E-state index in [0.29, 0.717) is 5.92 Å². The van der Waals surface area contributed by atoms with Crippen LogP contribution in [0.1, 0.15) is 30.9 Å². The second kappa shape index (κ2) is 15.1. The largest absolute Gasteiger partial charge is 0.497 e. The number of fused-ring (bicyclic) bond motifs is 12. The van der Waals surface area contributed by atoms with Gasteiger partial charge in [-0.3, -0.25) is 0 Å². The summed E-state index contributed by atoms with van der Waals surface area (Å²) in [5, 5.41) is 11.7. The molecule has 0 spiro atoms. The number of furan rings is 1. The molecular weight excluding hydrogens is 797 g/mol. The van der Waals surface area contributed by atoms with Gasteiger partial charge in [0, 0.05) is 62.9 Å². The zero-order chi connectivity index (χ0) is 43.9. The van der Waals surface area contributed by atoms with Crippen LogP contribution in [0.3, 0.4) is 0 Å². The van der Waals surface area contributed by atoms with Gasteiger partial charge in [0.1, 0.15) is 22.7 Å². The van der Waals surface area contributed by atoms with Gasteiger partial charge < -0.3 is 23.4 Å². The van der Waals surface area contributed by atoms with E-state index in [0.717, 1.165) is 78.0 Å². The standard InChI is InChI=1S/C60H46N2O3/c1-36(2)38-19-21-40(22-20-38)61(41-23-25-46(37(3)27-41)39-13-7-6-8-14-39)42-24-26-51-56-34-58-55(35-60(56)65-59(51)30-42)54-32-52-49-17-11-9-15-47(49)48-16-10-12-18-50(48)53(52)33-57(54)62(58)43-28-44(63-4)31-45(29-43)64-5/h6-36H,1-5H3. The fraction of sp³-hybridized carbons (Fsp3) is 0.100. The van der Waals surface area contributed by atoms with Crippen molar-refractivity contribution >= 4 is 93.1 Å². The lowest BCUT2D eigenvalue weighted by molar-refractivity contribution is 0.394. The highest BCUT2D eigenvalue weighted by molar-refractivity contribution is 6.29. The number of benzene rings is 10. The van der Waals surface area contributed by atoms with Gasteiger partial charge in [-0.25, -0.2) is 0 Å². The van der Waals surface area contributed by atoms with Crippen LogP contribution in [0.15, 0.2) is 186 Å². The van der Waals surface area contributed by atoms with Crippen LogP contribution in [0.5, 0.6) is 11.5 Å². The zero-order valence-electron chi connectivity index (χ0n) is 37.0. The van der Waals surface area contributed by atoms with Crippen LogP contribution in [0.4, 0.5) is 17.1 Å². The van der Waals surface area contributed by atoms with Crippen molar-refractivity contribution in [2.75, 3.05) is 19.1 Å². The molecule has 65 heavy (non-hydrogen) atoms. The average Bonchev–Trinajstić information content (AvgIpc) is 3.86. The first kappa shape index (κ1) is 38.6. The molecule has 0 bridgehead atoms. The number of hydrogen-bond donors (Lipinski definition) is 0. The molecule has 2 aromatic heterocycles. The number of nitrogens with zero attached hydrogens (tertiary/aromatic N) is 2. The molecule has 0 saturated carbocycles. The number of hydrogen-bond acceptors (Lipinski definition) is 4. The lowest BCUT2D eigenvalue weighted by Gasteiger charge is -2.26. The van der Waals surface area contributed by atoms with Crippen molar-refractivity contribution in [3.63, 3.8) is 0 Å². The van der Waals surface area contributed by atoms with Crippen molar-refractivity contribution in [2.45, 2.75) is 26.7 Å². The Bertz CT molecular complexity index is 3820. The molecule has 0 amide bonds. The van der Waals surface area contributed by atoms with Gasteiger partial charge in [-0.1, -0.05) is 111 Å². The maximum atomic E-state index is 6.95. The average molecular weight is 843 g/mol. The molecule has 10 aromatic carbocycles. The normalized spacial score (nSPS) is 11.9. The van der Waals surface area contributed by atoms with E-state index in [2.05, 4.69) is 206 Å². The number of methoxy groups -OCH3 is 2. The lowest BCUT2D eigenvalue weighted by Crippen LogP contribution is -2.10. The summed E-state index contributed by atoms with van der Waals surface area (Å²) in [6.07, 6.45) is 0. The Morgan fingerprint density at radius 1 is 0.446 bits per heavy atom. The zero-order valence-corrected chi connectivity index (χ0v) is 37.0. The van der Waals surface area contributed by atoms with E-state index < -0.39 is 0 Å². The summed E-state index contributed by atoms with van der Waals surface area (Å²) in [5.41, 5.74) is 12.9. The highest BCUT2D eigenvalue weighted by Gasteiger charge is 2.22. The number of aryl methyl sites for hydroxylation is 1. The van der Waals surface area contributed by atoms with Crippen LogP contribution < -0.4 is 14.4 Å². The number of ether oxygens (including phenoxy) is 2. The second-order valence-corrected chi connectivity index (χ2v) is 17.5. The summed E-state index contributed by atoms with van der Waals surface area (Å²) in [6, 6.07) is 65.9. The van der Waals surface area contributed by atoms with Crippen molar-refractivity contribution in [1.29, 1.82) is 0 Å². The fourth-order valence-corrected chi connectivity index (χ4v) is 10.2. The predicted molar refractivity (Wildman–Crippen MR) is 273 cm³/mol. The Hall–Kier alpha value is -8.02. The number of aromatic nitrogens is 1. The van der Waals surface area contributed by atoms with Gasteiger partial charge in [0.2, 0.25) is 0 Å². The molecule has 5 nitrogen and oxygen atoms in total. The number of rotatable bonds is 8. The van der Waals surface area contributed by atoms with E-state index in [1.807, 2.05) is 6.07 Å². The minimum atomic E-state index is 0.435. The second-order valence-electron chi connectivity index (χ2n) is 17.5. The van der Waals surface area contributed by atoms with Crippen molar-refractivity contribution in [3.8, 4) is 28.3 Å². The lowest BCUT2D eigenvalue weighted by atomic mass is 9.93. The maximum absolute atomic E-state index is 6.95. The van der Waals surface area contributed by atoms with E-state index in [4.69, 9.17) is 13.9 Å². The van der Waals surface area contributed by atoms with Crippen molar-refractivity contribution in [1.82, 2.24) is 4.57 Å². The molecule has 0 radical (unpaired) electrons. The van der Waals surface area contributed by atoms with Gasteiger partial charge >= 0.3 is 0 Å². The summed E-state index contributed by atoms with van der Waals surface area (Å²) in [5.74, 6) is 1.88. The van der Waals surface area contributed by atoms with E-state index in [1.54, 1.807) is 14.2 Å². The molecular formula is C60H46N2O3. The Morgan fingerprint density at radius 3 is 1.62 bits per heavy atom. The van der Waals surface area contributed by atoms with Crippen LogP contribution in [0, 0.1) is 6.92 Å². The molecule has 0 aliphatic rings. The first-order valence-corrected chi connectivity index (χ1v) is 22.3. The Morgan fingerprint density at radius 2 is 0.985 bits per heavy atom. The van der Waals surface area contributed by atoms with Crippen LogP contribution in [0.2, 0.25) is 0 Å². The smallest absolute Gasteiger partial charge is 0.137 e. The van der Waals surface area contributed by atoms with Gasteiger partial charge in [0.25, 0.3) is 0 Å². The Labute approximate surface area is 377 Å². The fourth-order valence-electron chi connectivity index (χ4n) is 10.2. The SMILES string of the molecule is COc1cc(OC)cc(-n2c3cc4c(cc3c3cc5c6ccccc6c6ccccc6c5cc32)oc2cc(N(c3ccc(C(C)C)cc3)c3ccc(-c5ccccc5)c(C)c3)ccc24)c1.